The highest BCUT2D eigenvalue weighted by atomic mass is 127. The van der Waals surface area contributed by atoms with Gasteiger partial charge in [-0.3, -0.25) is 4.79 Å². The lowest BCUT2D eigenvalue weighted by atomic mass is 9.96. The number of methoxy groups -OCH3 is 2. The third kappa shape index (κ3) is 7.11. The molecule has 3 rings (SSSR count). The number of carbonyl (C=O) groups is 1. The molecule has 1 aromatic carbocycles. The number of anilines is 2. The minimum Gasteiger partial charge on any atom is -0.493 e. The van der Waals surface area contributed by atoms with Crippen LogP contribution in [0.2, 0.25) is 0 Å². The SMILES string of the molecule is CCNC(=NCc1cccnc1N1CCC(C(N)=O)CC1)Nc1ccc(OC)c(OC)c1.I. The number of guanidine groups is 1. The molecule has 1 aromatic heterocycles. The summed E-state index contributed by atoms with van der Waals surface area (Å²) in [6.45, 7) is 4.71. The molecule has 0 radical (unpaired) electrons. The van der Waals surface area contributed by atoms with Gasteiger partial charge < -0.3 is 30.7 Å². The number of piperidine rings is 1. The van der Waals surface area contributed by atoms with Gasteiger partial charge in [0, 0.05) is 49.1 Å². The number of carbonyl (C=O) groups excluding carboxylic acids is 1. The first-order valence-electron chi connectivity index (χ1n) is 10.8. The highest BCUT2D eigenvalue weighted by molar-refractivity contribution is 14.0. The summed E-state index contributed by atoms with van der Waals surface area (Å²) >= 11 is 0. The van der Waals surface area contributed by atoms with Gasteiger partial charge in [0.1, 0.15) is 5.82 Å². The van der Waals surface area contributed by atoms with Crippen molar-refractivity contribution in [3.63, 3.8) is 0 Å². The number of benzene rings is 1. The lowest BCUT2D eigenvalue weighted by Crippen LogP contribution is -2.39. The number of nitrogens with zero attached hydrogens (tertiary/aromatic N) is 3. The molecule has 10 heteroatoms. The monoisotopic (exact) mass is 568 g/mol. The number of nitrogens with one attached hydrogen (secondary N) is 2. The molecule has 0 spiro atoms. The smallest absolute Gasteiger partial charge is 0.220 e. The number of primary amides is 1. The van der Waals surface area contributed by atoms with Gasteiger partial charge in [-0.1, -0.05) is 6.07 Å². The van der Waals surface area contributed by atoms with Crippen LogP contribution in [0.5, 0.6) is 11.5 Å². The molecule has 9 nitrogen and oxygen atoms in total. The van der Waals surface area contributed by atoms with Crippen molar-refractivity contribution in [3.8, 4) is 11.5 Å². The summed E-state index contributed by atoms with van der Waals surface area (Å²) in [6, 6.07) is 9.57. The van der Waals surface area contributed by atoms with Crippen LogP contribution in [0.15, 0.2) is 41.5 Å². The second kappa shape index (κ2) is 13.1. The van der Waals surface area contributed by atoms with Crippen LogP contribution in [0.3, 0.4) is 0 Å². The van der Waals surface area contributed by atoms with Crippen molar-refractivity contribution < 1.29 is 14.3 Å². The molecular formula is C23H33IN6O3. The fourth-order valence-corrected chi connectivity index (χ4v) is 3.74. The number of amides is 1. The Morgan fingerprint density at radius 1 is 1.21 bits per heavy atom. The molecule has 2 aromatic rings. The Morgan fingerprint density at radius 3 is 2.58 bits per heavy atom. The zero-order chi connectivity index (χ0) is 22.9. The number of hydrogen-bond acceptors (Lipinski definition) is 6. The van der Waals surface area contributed by atoms with Crippen LogP contribution in [-0.4, -0.2) is 50.7 Å². The fraction of sp³-hybridized carbons (Fsp3) is 0.435. The van der Waals surface area contributed by atoms with Crippen molar-refractivity contribution in [1.29, 1.82) is 0 Å². The van der Waals surface area contributed by atoms with Gasteiger partial charge in [0.2, 0.25) is 5.91 Å². The van der Waals surface area contributed by atoms with E-state index < -0.39 is 0 Å². The molecule has 0 aliphatic carbocycles. The average Bonchev–Trinajstić information content (AvgIpc) is 2.82. The molecule has 0 atom stereocenters. The molecule has 1 fully saturated rings. The molecule has 2 heterocycles. The van der Waals surface area contributed by atoms with E-state index in [1.807, 2.05) is 37.3 Å². The van der Waals surface area contributed by atoms with E-state index in [2.05, 4.69) is 20.5 Å². The van der Waals surface area contributed by atoms with E-state index in [9.17, 15) is 4.79 Å². The molecule has 0 unspecified atom stereocenters. The van der Waals surface area contributed by atoms with Crippen LogP contribution in [0.1, 0.15) is 25.3 Å². The molecule has 4 N–H and O–H groups in total. The Balaban J connectivity index is 0.00000385. The summed E-state index contributed by atoms with van der Waals surface area (Å²) in [5.74, 6) is 2.60. The molecule has 33 heavy (non-hydrogen) atoms. The maximum atomic E-state index is 11.5. The average molecular weight is 568 g/mol. The molecule has 1 aliphatic rings. The van der Waals surface area contributed by atoms with Crippen LogP contribution in [0.25, 0.3) is 0 Å². The van der Waals surface area contributed by atoms with Crippen LogP contribution in [0, 0.1) is 5.92 Å². The maximum Gasteiger partial charge on any atom is 0.220 e. The Kier molecular flexibility index (Phi) is 10.5. The van der Waals surface area contributed by atoms with Gasteiger partial charge in [0.25, 0.3) is 0 Å². The number of pyridine rings is 1. The van der Waals surface area contributed by atoms with Gasteiger partial charge in [0.15, 0.2) is 17.5 Å². The van der Waals surface area contributed by atoms with Gasteiger partial charge >= 0.3 is 0 Å². The first kappa shape index (κ1) is 26.5. The van der Waals surface area contributed by atoms with Gasteiger partial charge in [0.05, 0.1) is 20.8 Å². The molecule has 0 saturated carbocycles. The molecule has 0 bridgehead atoms. The summed E-state index contributed by atoms with van der Waals surface area (Å²) in [6.07, 6.45) is 3.28. The van der Waals surface area contributed by atoms with Crippen molar-refractivity contribution in [3.05, 3.63) is 42.1 Å². The molecule has 1 saturated heterocycles. The predicted molar refractivity (Wildman–Crippen MR) is 142 cm³/mol. The fourth-order valence-electron chi connectivity index (χ4n) is 3.74. The molecule has 1 aliphatic heterocycles. The molecule has 1 amide bonds. The second-order valence-electron chi connectivity index (χ2n) is 7.54. The Hall–Kier alpha value is -2.76. The van der Waals surface area contributed by atoms with E-state index in [1.54, 1.807) is 20.4 Å². The largest absolute Gasteiger partial charge is 0.493 e. The van der Waals surface area contributed by atoms with Crippen LogP contribution in [-0.2, 0) is 11.3 Å². The van der Waals surface area contributed by atoms with Crippen LogP contribution >= 0.6 is 24.0 Å². The first-order valence-corrected chi connectivity index (χ1v) is 10.8. The van der Waals surface area contributed by atoms with Crippen molar-refractivity contribution in [2.45, 2.75) is 26.3 Å². The van der Waals surface area contributed by atoms with Gasteiger partial charge in [-0.25, -0.2) is 9.98 Å². The third-order valence-electron chi connectivity index (χ3n) is 5.46. The highest BCUT2D eigenvalue weighted by Gasteiger charge is 2.24. The molecule has 180 valence electrons. The maximum absolute atomic E-state index is 11.5. The number of aliphatic imine (C=N–C) groups is 1. The van der Waals surface area contributed by atoms with Crippen molar-refractivity contribution in [1.82, 2.24) is 10.3 Å². The van der Waals surface area contributed by atoms with E-state index >= 15 is 0 Å². The summed E-state index contributed by atoms with van der Waals surface area (Å²) in [5.41, 5.74) is 7.33. The van der Waals surface area contributed by atoms with Crippen molar-refractivity contribution in [2.24, 2.45) is 16.6 Å². The van der Waals surface area contributed by atoms with E-state index in [0.717, 1.165) is 49.5 Å². The summed E-state index contributed by atoms with van der Waals surface area (Å²) in [4.78, 5) is 23.0. The van der Waals surface area contributed by atoms with Crippen LogP contribution in [0.4, 0.5) is 11.5 Å². The van der Waals surface area contributed by atoms with E-state index in [0.29, 0.717) is 24.0 Å². The van der Waals surface area contributed by atoms with Gasteiger partial charge in [-0.05, 0) is 38.0 Å². The van der Waals surface area contributed by atoms with E-state index in [1.165, 1.54) is 0 Å². The van der Waals surface area contributed by atoms with Crippen molar-refractivity contribution in [2.75, 3.05) is 44.1 Å². The standard InChI is InChI=1S/C23H32N6O3.HI/c1-4-25-23(28-18-7-8-19(31-2)20(14-18)32-3)27-15-17-6-5-11-26-22(17)29-12-9-16(10-13-29)21(24)30;/h5-8,11,14,16H,4,9-10,12-13,15H2,1-3H3,(H2,24,30)(H2,25,27,28);1H. The first-order chi connectivity index (χ1) is 15.5. The van der Waals surface area contributed by atoms with E-state index in [4.69, 9.17) is 20.2 Å². The van der Waals surface area contributed by atoms with Crippen LogP contribution < -0.4 is 30.7 Å². The number of aromatic nitrogens is 1. The van der Waals surface area contributed by atoms with E-state index in [-0.39, 0.29) is 35.8 Å². The van der Waals surface area contributed by atoms with Gasteiger partial charge in [-0.15, -0.1) is 24.0 Å². The number of halogens is 1. The Morgan fingerprint density at radius 2 is 1.94 bits per heavy atom. The third-order valence-corrected chi connectivity index (χ3v) is 5.46. The quantitative estimate of drug-likeness (QED) is 0.255. The molecular weight excluding hydrogens is 535 g/mol. The summed E-state index contributed by atoms with van der Waals surface area (Å²) < 4.78 is 10.7. The zero-order valence-corrected chi connectivity index (χ0v) is 21.7. The number of hydrogen-bond donors (Lipinski definition) is 3. The van der Waals surface area contributed by atoms with Crippen molar-refractivity contribution >= 4 is 47.3 Å². The normalized spacial score (nSPS) is 14.3. The topological polar surface area (TPSA) is 114 Å². The second-order valence-corrected chi connectivity index (χ2v) is 7.54. The highest BCUT2D eigenvalue weighted by Crippen LogP contribution is 2.30. The summed E-state index contributed by atoms with van der Waals surface area (Å²) in [7, 11) is 3.22. The Bertz CT molecular complexity index is 948. The van der Waals surface area contributed by atoms with Gasteiger partial charge in [-0.2, -0.15) is 0 Å². The number of ether oxygens (including phenoxy) is 2. The predicted octanol–water partition coefficient (Wildman–Crippen LogP) is 3.00. The minimum absolute atomic E-state index is 0. The summed E-state index contributed by atoms with van der Waals surface area (Å²) in [5, 5.41) is 6.58. The Labute approximate surface area is 212 Å². The lowest BCUT2D eigenvalue weighted by molar-refractivity contribution is -0.122. The lowest BCUT2D eigenvalue weighted by Gasteiger charge is -2.32. The zero-order valence-electron chi connectivity index (χ0n) is 19.3. The number of nitrogens with two attached hydrogens (primary N) is 1. The minimum atomic E-state index is -0.216. The number of rotatable bonds is 8.